The highest BCUT2D eigenvalue weighted by atomic mass is 16.5. The van der Waals surface area contributed by atoms with Crippen LogP contribution < -0.4 is 0 Å². The minimum absolute atomic E-state index is 0.122. The second-order valence-electron chi connectivity index (χ2n) is 5.23. The molecular weight excluding hydrogens is 226 g/mol. The highest BCUT2D eigenvalue weighted by Gasteiger charge is 2.34. The van der Waals surface area contributed by atoms with Crippen LogP contribution in [0.1, 0.15) is 40.5 Å². The van der Waals surface area contributed by atoms with Gasteiger partial charge in [0.05, 0.1) is 6.61 Å². The zero-order chi connectivity index (χ0) is 13.8. The molecule has 3 nitrogen and oxygen atoms in total. The van der Waals surface area contributed by atoms with Crippen molar-refractivity contribution in [2.75, 3.05) is 6.61 Å². The molecule has 18 heavy (non-hydrogen) atoms. The van der Waals surface area contributed by atoms with Crippen LogP contribution in [0.5, 0.6) is 0 Å². The van der Waals surface area contributed by atoms with Crippen LogP contribution in [0.15, 0.2) is 23.3 Å². The summed E-state index contributed by atoms with van der Waals surface area (Å²) in [6.07, 6.45) is 5.71. The van der Waals surface area contributed by atoms with Gasteiger partial charge in [-0.05, 0) is 38.0 Å². The number of carbonyl (C=O) groups excluding carboxylic acids is 1. The number of nitrogens with zero attached hydrogens (tertiary/aromatic N) is 1. The molecule has 1 rings (SSSR count). The first-order valence-electron chi connectivity index (χ1n) is 6.38. The first-order valence-corrected chi connectivity index (χ1v) is 6.38. The predicted octanol–water partition coefficient (Wildman–Crippen LogP) is 3.38. The van der Waals surface area contributed by atoms with Gasteiger partial charge < -0.3 is 4.74 Å². The van der Waals surface area contributed by atoms with Crippen LogP contribution in [0.25, 0.3) is 0 Å². The molecule has 0 N–H and O–H groups in total. The van der Waals surface area contributed by atoms with Crippen LogP contribution in [0.2, 0.25) is 0 Å². The maximum atomic E-state index is 11.5. The smallest absolute Gasteiger partial charge is 0.348 e. The zero-order valence-corrected chi connectivity index (χ0v) is 11.6. The number of rotatable bonds is 4. The highest BCUT2D eigenvalue weighted by molar-refractivity contribution is 5.92. The summed E-state index contributed by atoms with van der Waals surface area (Å²) in [5.74, 6) is -0.0595. The molecule has 1 aliphatic rings. The Bertz CT molecular complexity index is 424. The van der Waals surface area contributed by atoms with Gasteiger partial charge in [-0.25, -0.2) is 4.79 Å². The molecule has 0 aromatic carbocycles. The fourth-order valence-electron chi connectivity index (χ4n) is 2.23. The maximum absolute atomic E-state index is 11.5. The summed E-state index contributed by atoms with van der Waals surface area (Å²) in [6, 6.07) is 1.92. The van der Waals surface area contributed by atoms with E-state index in [0.717, 1.165) is 12.8 Å². The fourth-order valence-corrected chi connectivity index (χ4v) is 2.23. The Hall–Kier alpha value is -1.56. The monoisotopic (exact) mass is 247 g/mol. The minimum Gasteiger partial charge on any atom is -0.462 e. The molecule has 0 bridgehead atoms. The Kier molecular flexibility index (Phi) is 4.72. The third-order valence-corrected chi connectivity index (χ3v) is 3.97. The van der Waals surface area contributed by atoms with Crippen molar-refractivity contribution in [1.29, 1.82) is 5.26 Å². The molecule has 0 saturated heterocycles. The lowest BCUT2D eigenvalue weighted by Crippen LogP contribution is -2.20. The lowest BCUT2D eigenvalue weighted by Gasteiger charge is -2.28. The maximum Gasteiger partial charge on any atom is 0.348 e. The molecule has 1 unspecified atom stereocenters. The molecule has 3 heteroatoms. The van der Waals surface area contributed by atoms with E-state index < -0.39 is 5.97 Å². The SMILES string of the molecule is CCOC(=O)/C(C#N)=C/CC1CC=C(C)C1(C)C. The van der Waals surface area contributed by atoms with Crippen molar-refractivity contribution < 1.29 is 9.53 Å². The van der Waals surface area contributed by atoms with Gasteiger partial charge in [0.25, 0.3) is 0 Å². The average molecular weight is 247 g/mol. The zero-order valence-electron chi connectivity index (χ0n) is 11.6. The summed E-state index contributed by atoms with van der Waals surface area (Å²) in [5.41, 5.74) is 1.65. The molecule has 0 spiro atoms. The lowest BCUT2D eigenvalue weighted by atomic mass is 9.76. The molecular formula is C15H21NO2. The Balaban J connectivity index is 2.70. The topological polar surface area (TPSA) is 50.1 Å². The summed E-state index contributed by atoms with van der Waals surface area (Å²) in [4.78, 5) is 11.5. The fraction of sp³-hybridized carbons (Fsp3) is 0.600. The van der Waals surface area contributed by atoms with E-state index in [0.29, 0.717) is 12.5 Å². The van der Waals surface area contributed by atoms with E-state index >= 15 is 0 Å². The highest BCUT2D eigenvalue weighted by Crippen LogP contribution is 2.44. The first kappa shape index (κ1) is 14.5. The molecule has 0 heterocycles. The molecule has 0 aliphatic heterocycles. The van der Waals surface area contributed by atoms with Crippen LogP contribution in [0, 0.1) is 22.7 Å². The van der Waals surface area contributed by atoms with E-state index in [-0.39, 0.29) is 11.0 Å². The van der Waals surface area contributed by atoms with Crippen molar-refractivity contribution in [1.82, 2.24) is 0 Å². The van der Waals surface area contributed by atoms with E-state index in [1.54, 1.807) is 13.0 Å². The number of carbonyl (C=O) groups is 1. The number of hydrogen-bond donors (Lipinski definition) is 0. The second-order valence-corrected chi connectivity index (χ2v) is 5.23. The summed E-state index contributed by atoms with van der Waals surface area (Å²) < 4.78 is 4.84. The van der Waals surface area contributed by atoms with Gasteiger partial charge in [0.2, 0.25) is 0 Å². The van der Waals surface area contributed by atoms with Gasteiger partial charge in [-0.1, -0.05) is 31.6 Å². The largest absolute Gasteiger partial charge is 0.462 e. The van der Waals surface area contributed by atoms with Crippen LogP contribution >= 0.6 is 0 Å². The molecule has 0 aromatic rings. The predicted molar refractivity (Wildman–Crippen MR) is 70.6 cm³/mol. The number of hydrogen-bond acceptors (Lipinski definition) is 3. The molecule has 1 atom stereocenters. The summed E-state index contributed by atoms with van der Waals surface area (Å²) in [7, 11) is 0. The van der Waals surface area contributed by atoms with Crippen molar-refractivity contribution in [3.05, 3.63) is 23.3 Å². The summed E-state index contributed by atoms with van der Waals surface area (Å²) in [6.45, 7) is 8.59. The van der Waals surface area contributed by atoms with Crippen molar-refractivity contribution in [3.63, 3.8) is 0 Å². The van der Waals surface area contributed by atoms with E-state index in [9.17, 15) is 4.79 Å². The van der Waals surface area contributed by atoms with Gasteiger partial charge in [-0.3, -0.25) is 0 Å². The Morgan fingerprint density at radius 1 is 1.67 bits per heavy atom. The standard InChI is InChI=1S/C15H21NO2/c1-5-18-14(17)12(10-16)7-9-13-8-6-11(2)15(13,3)4/h6-7,13H,5,8-9H2,1-4H3/b12-7+. The normalized spacial score (nSPS) is 22.3. The Morgan fingerprint density at radius 2 is 2.33 bits per heavy atom. The summed E-state index contributed by atoms with van der Waals surface area (Å²) in [5, 5.41) is 8.95. The van der Waals surface area contributed by atoms with Crippen LogP contribution in [0.3, 0.4) is 0 Å². The molecule has 98 valence electrons. The Morgan fingerprint density at radius 3 is 2.78 bits per heavy atom. The third-order valence-electron chi connectivity index (χ3n) is 3.97. The van der Waals surface area contributed by atoms with Gasteiger partial charge >= 0.3 is 5.97 Å². The second kappa shape index (κ2) is 5.86. The molecule has 1 aliphatic carbocycles. The summed E-state index contributed by atoms with van der Waals surface area (Å²) >= 11 is 0. The number of nitriles is 1. The van der Waals surface area contributed by atoms with E-state index in [1.165, 1.54) is 5.57 Å². The van der Waals surface area contributed by atoms with E-state index in [1.807, 2.05) is 6.07 Å². The molecule has 0 amide bonds. The molecule has 0 saturated carbocycles. The van der Waals surface area contributed by atoms with Gasteiger partial charge in [-0.2, -0.15) is 5.26 Å². The van der Waals surface area contributed by atoms with Crippen molar-refractivity contribution in [2.24, 2.45) is 11.3 Å². The quantitative estimate of drug-likeness (QED) is 0.331. The first-order chi connectivity index (χ1) is 8.43. The number of allylic oxidation sites excluding steroid dienone is 3. The third kappa shape index (κ3) is 3.01. The van der Waals surface area contributed by atoms with Gasteiger partial charge in [0, 0.05) is 0 Å². The lowest BCUT2D eigenvalue weighted by molar-refractivity contribution is -0.138. The van der Waals surface area contributed by atoms with Gasteiger partial charge in [-0.15, -0.1) is 0 Å². The average Bonchev–Trinajstić information content (AvgIpc) is 2.56. The van der Waals surface area contributed by atoms with Gasteiger partial charge in [0.15, 0.2) is 0 Å². The van der Waals surface area contributed by atoms with Gasteiger partial charge in [0.1, 0.15) is 11.6 Å². The number of ether oxygens (including phenoxy) is 1. The van der Waals surface area contributed by atoms with E-state index in [2.05, 4.69) is 26.8 Å². The van der Waals surface area contributed by atoms with Crippen molar-refractivity contribution >= 4 is 5.97 Å². The van der Waals surface area contributed by atoms with Crippen molar-refractivity contribution in [2.45, 2.75) is 40.5 Å². The van der Waals surface area contributed by atoms with Crippen LogP contribution in [-0.4, -0.2) is 12.6 Å². The molecule has 0 aromatic heterocycles. The molecule has 0 radical (unpaired) electrons. The number of esters is 1. The van der Waals surface area contributed by atoms with Crippen molar-refractivity contribution in [3.8, 4) is 6.07 Å². The van der Waals surface area contributed by atoms with Crippen LogP contribution in [0.4, 0.5) is 0 Å². The Labute approximate surface area is 109 Å². The van der Waals surface area contributed by atoms with E-state index in [4.69, 9.17) is 10.00 Å². The van der Waals surface area contributed by atoms with Crippen LogP contribution in [-0.2, 0) is 9.53 Å². The molecule has 0 fully saturated rings. The minimum atomic E-state index is -0.513.